The molecule has 0 spiro atoms. The molecule has 0 unspecified atom stereocenters. The molecule has 0 bridgehead atoms. The number of hydrogen-bond acceptors (Lipinski definition) is 4. The molecule has 96 valence electrons. The van der Waals surface area contributed by atoms with Crippen molar-refractivity contribution in [1.82, 2.24) is 10.2 Å². The van der Waals surface area contributed by atoms with Crippen molar-refractivity contribution in [3.8, 4) is 22.6 Å². The fourth-order valence-corrected chi connectivity index (χ4v) is 1.83. The summed E-state index contributed by atoms with van der Waals surface area (Å²) in [5.41, 5.74) is 2.72. The van der Waals surface area contributed by atoms with Crippen molar-refractivity contribution in [2.75, 3.05) is 20.3 Å². The van der Waals surface area contributed by atoms with Crippen molar-refractivity contribution in [2.24, 2.45) is 0 Å². The number of methoxy groups -OCH3 is 1. The van der Waals surface area contributed by atoms with Gasteiger partial charge in [-0.25, -0.2) is 0 Å². The van der Waals surface area contributed by atoms with Gasteiger partial charge in [-0.3, -0.25) is 5.10 Å². The van der Waals surface area contributed by atoms with Crippen LogP contribution in [0.15, 0.2) is 24.4 Å². The summed E-state index contributed by atoms with van der Waals surface area (Å²) in [6.07, 6.45) is 1.74. The molecule has 0 aliphatic carbocycles. The summed E-state index contributed by atoms with van der Waals surface area (Å²) < 4.78 is 10.9. The molecule has 1 aromatic carbocycles. The van der Waals surface area contributed by atoms with Crippen molar-refractivity contribution in [3.63, 3.8) is 0 Å². The largest absolute Gasteiger partial charge is 0.496 e. The third-order valence-electron chi connectivity index (χ3n) is 2.66. The number of ether oxygens (including phenoxy) is 2. The number of nitrogens with one attached hydrogen (secondary N) is 1. The van der Waals surface area contributed by atoms with E-state index in [0.717, 1.165) is 22.6 Å². The van der Waals surface area contributed by atoms with Crippen molar-refractivity contribution in [2.45, 2.75) is 6.92 Å². The van der Waals surface area contributed by atoms with Crippen LogP contribution in [0.2, 0.25) is 0 Å². The van der Waals surface area contributed by atoms with Crippen LogP contribution in [0.25, 0.3) is 11.1 Å². The number of rotatable bonds is 5. The molecule has 0 aliphatic rings. The van der Waals surface area contributed by atoms with E-state index < -0.39 is 0 Å². The maximum atomic E-state index is 8.86. The monoisotopic (exact) mass is 248 g/mol. The predicted octanol–water partition coefficient (Wildman–Crippen LogP) is 1.76. The zero-order chi connectivity index (χ0) is 13.0. The maximum absolute atomic E-state index is 8.86. The molecule has 1 aromatic heterocycles. The van der Waals surface area contributed by atoms with Gasteiger partial charge in [-0.15, -0.1) is 0 Å². The summed E-state index contributed by atoms with van der Waals surface area (Å²) in [4.78, 5) is 0. The van der Waals surface area contributed by atoms with Crippen LogP contribution in [0.5, 0.6) is 11.5 Å². The van der Waals surface area contributed by atoms with E-state index >= 15 is 0 Å². The highest BCUT2D eigenvalue weighted by Crippen LogP contribution is 2.39. The molecular weight excluding hydrogens is 232 g/mol. The number of aliphatic hydroxyl groups excluding tert-OH is 1. The van der Waals surface area contributed by atoms with Gasteiger partial charge in [0.2, 0.25) is 0 Å². The predicted molar refractivity (Wildman–Crippen MR) is 67.9 cm³/mol. The number of aliphatic hydroxyl groups is 1. The molecule has 0 amide bonds. The van der Waals surface area contributed by atoms with Crippen molar-refractivity contribution in [1.29, 1.82) is 0 Å². The van der Waals surface area contributed by atoms with Crippen LogP contribution in [0, 0.1) is 6.92 Å². The lowest BCUT2D eigenvalue weighted by Crippen LogP contribution is -2.03. The molecule has 5 nitrogen and oxygen atoms in total. The summed E-state index contributed by atoms with van der Waals surface area (Å²) in [5, 5.41) is 15.8. The molecule has 2 aromatic rings. The minimum Gasteiger partial charge on any atom is -0.496 e. The molecule has 5 heteroatoms. The molecule has 0 aliphatic heterocycles. The topological polar surface area (TPSA) is 67.4 Å². The van der Waals surface area contributed by atoms with Crippen LogP contribution in [-0.4, -0.2) is 35.6 Å². The summed E-state index contributed by atoms with van der Waals surface area (Å²) in [7, 11) is 1.62. The Balaban J connectivity index is 2.51. The number of aryl methyl sites for hydroxylation is 1. The third kappa shape index (κ3) is 2.31. The minimum absolute atomic E-state index is 0.0268. The van der Waals surface area contributed by atoms with Crippen LogP contribution < -0.4 is 9.47 Å². The molecule has 2 rings (SSSR count). The summed E-state index contributed by atoms with van der Waals surface area (Å²) >= 11 is 0. The fourth-order valence-electron chi connectivity index (χ4n) is 1.83. The van der Waals surface area contributed by atoms with E-state index in [4.69, 9.17) is 14.6 Å². The van der Waals surface area contributed by atoms with Crippen LogP contribution >= 0.6 is 0 Å². The SMILES string of the molecule is COc1cccc(OCCO)c1-c1cn[nH]c1C. The smallest absolute Gasteiger partial charge is 0.131 e. The molecule has 0 fully saturated rings. The Morgan fingerprint density at radius 3 is 2.72 bits per heavy atom. The van der Waals surface area contributed by atoms with E-state index in [-0.39, 0.29) is 13.2 Å². The van der Waals surface area contributed by atoms with Crippen molar-refractivity contribution < 1.29 is 14.6 Å². The standard InChI is InChI=1S/C13H16N2O3/c1-9-10(8-14-15-9)13-11(17-2)4-3-5-12(13)18-7-6-16/h3-5,8,16H,6-7H2,1-2H3,(H,14,15). The first-order chi connectivity index (χ1) is 8.77. The Labute approximate surface area is 105 Å². The molecule has 0 saturated carbocycles. The average molecular weight is 248 g/mol. The van der Waals surface area contributed by atoms with E-state index in [9.17, 15) is 0 Å². The molecule has 0 atom stereocenters. The van der Waals surface area contributed by atoms with Crippen LogP contribution in [0.1, 0.15) is 5.69 Å². The highest BCUT2D eigenvalue weighted by atomic mass is 16.5. The average Bonchev–Trinajstić information content (AvgIpc) is 2.81. The Morgan fingerprint density at radius 2 is 2.11 bits per heavy atom. The Hall–Kier alpha value is -2.01. The van der Waals surface area contributed by atoms with E-state index in [1.54, 1.807) is 13.3 Å². The second kappa shape index (κ2) is 5.55. The van der Waals surface area contributed by atoms with Gasteiger partial charge < -0.3 is 14.6 Å². The van der Waals surface area contributed by atoms with Crippen LogP contribution in [0.4, 0.5) is 0 Å². The fraction of sp³-hybridized carbons (Fsp3) is 0.308. The lowest BCUT2D eigenvalue weighted by atomic mass is 10.0. The Kier molecular flexibility index (Phi) is 3.84. The highest BCUT2D eigenvalue weighted by molar-refractivity contribution is 5.77. The number of H-pyrrole nitrogens is 1. The van der Waals surface area contributed by atoms with E-state index in [1.807, 2.05) is 25.1 Å². The summed E-state index contributed by atoms with van der Waals surface area (Å²) in [6.45, 7) is 2.16. The Morgan fingerprint density at radius 1 is 1.33 bits per heavy atom. The van der Waals surface area contributed by atoms with Crippen LogP contribution in [-0.2, 0) is 0 Å². The molecule has 18 heavy (non-hydrogen) atoms. The van der Waals surface area contributed by atoms with Gasteiger partial charge >= 0.3 is 0 Å². The second-order valence-corrected chi connectivity index (χ2v) is 3.81. The van der Waals surface area contributed by atoms with Gasteiger partial charge in [-0.05, 0) is 19.1 Å². The first-order valence-corrected chi connectivity index (χ1v) is 5.69. The zero-order valence-corrected chi connectivity index (χ0v) is 10.4. The number of benzene rings is 1. The molecule has 0 radical (unpaired) electrons. The quantitative estimate of drug-likeness (QED) is 0.846. The lowest BCUT2D eigenvalue weighted by Gasteiger charge is -2.13. The van der Waals surface area contributed by atoms with E-state index in [1.165, 1.54) is 0 Å². The molecular formula is C13H16N2O3. The summed E-state index contributed by atoms with van der Waals surface area (Å²) in [5.74, 6) is 1.39. The van der Waals surface area contributed by atoms with Gasteiger partial charge in [0, 0.05) is 11.3 Å². The summed E-state index contributed by atoms with van der Waals surface area (Å²) in [6, 6.07) is 5.57. The number of aromatic nitrogens is 2. The normalized spacial score (nSPS) is 10.4. The van der Waals surface area contributed by atoms with Crippen molar-refractivity contribution >= 4 is 0 Å². The van der Waals surface area contributed by atoms with Crippen molar-refractivity contribution in [3.05, 3.63) is 30.1 Å². The molecule has 0 saturated heterocycles. The van der Waals surface area contributed by atoms with Gasteiger partial charge in [-0.1, -0.05) is 6.07 Å². The van der Waals surface area contributed by atoms with Crippen LogP contribution in [0.3, 0.4) is 0 Å². The maximum Gasteiger partial charge on any atom is 0.131 e. The van der Waals surface area contributed by atoms with Gasteiger partial charge in [0.15, 0.2) is 0 Å². The zero-order valence-electron chi connectivity index (χ0n) is 10.4. The Bertz CT molecular complexity index is 523. The third-order valence-corrected chi connectivity index (χ3v) is 2.66. The molecule has 1 heterocycles. The minimum atomic E-state index is -0.0268. The first kappa shape index (κ1) is 12.4. The second-order valence-electron chi connectivity index (χ2n) is 3.81. The number of hydrogen-bond donors (Lipinski definition) is 2. The van der Waals surface area contributed by atoms with E-state index in [2.05, 4.69) is 10.2 Å². The number of aromatic amines is 1. The van der Waals surface area contributed by atoms with Gasteiger partial charge in [0.1, 0.15) is 18.1 Å². The molecule has 2 N–H and O–H groups in total. The first-order valence-electron chi connectivity index (χ1n) is 5.69. The van der Waals surface area contributed by atoms with Gasteiger partial charge in [0.05, 0.1) is 25.5 Å². The highest BCUT2D eigenvalue weighted by Gasteiger charge is 2.15. The lowest BCUT2D eigenvalue weighted by molar-refractivity contribution is 0.201. The number of nitrogens with zero attached hydrogens (tertiary/aromatic N) is 1. The van der Waals surface area contributed by atoms with Gasteiger partial charge in [-0.2, -0.15) is 5.10 Å². The van der Waals surface area contributed by atoms with Gasteiger partial charge in [0.25, 0.3) is 0 Å². The van der Waals surface area contributed by atoms with E-state index in [0.29, 0.717) is 5.75 Å².